The van der Waals surface area contributed by atoms with Gasteiger partial charge in [0.25, 0.3) is 0 Å². The number of nitrogens with zero attached hydrogens (tertiary/aromatic N) is 3. The van der Waals surface area contributed by atoms with Gasteiger partial charge >= 0.3 is 6.03 Å². The van der Waals surface area contributed by atoms with Gasteiger partial charge in [-0.25, -0.2) is 4.79 Å². The lowest BCUT2D eigenvalue weighted by molar-refractivity contribution is -0.0604. The molecule has 1 N–H and O–H groups in total. The van der Waals surface area contributed by atoms with Crippen LogP contribution in [0.2, 0.25) is 0 Å². The Morgan fingerprint density at radius 2 is 1.93 bits per heavy atom. The first-order valence-corrected chi connectivity index (χ1v) is 10.0. The lowest BCUT2D eigenvalue weighted by Crippen LogP contribution is -2.72. The summed E-state index contributed by atoms with van der Waals surface area (Å²) in [5, 5.41) is 3.12. The van der Waals surface area contributed by atoms with Crippen molar-refractivity contribution in [1.29, 1.82) is 0 Å². The largest absolute Gasteiger partial charge is 0.322 e. The molecule has 4 aliphatic rings. The van der Waals surface area contributed by atoms with E-state index in [9.17, 15) is 4.79 Å². The molecule has 0 radical (unpaired) electrons. The summed E-state index contributed by atoms with van der Waals surface area (Å²) >= 11 is 0. The third kappa shape index (κ3) is 3.00. The molecule has 1 aromatic carbocycles. The Morgan fingerprint density at radius 3 is 2.59 bits per heavy atom. The first kappa shape index (κ1) is 16.8. The van der Waals surface area contributed by atoms with Gasteiger partial charge in [0.15, 0.2) is 0 Å². The van der Waals surface area contributed by atoms with E-state index < -0.39 is 0 Å². The predicted molar refractivity (Wildman–Crippen MR) is 107 cm³/mol. The molecule has 4 fully saturated rings. The van der Waals surface area contributed by atoms with Crippen LogP contribution in [0, 0.1) is 6.92 Å². The van der Waals surface area contributed by atoms with Crippen molar-refractivity contribution in [1.82, 2.24) is 14.8 Å². The Bertz CT molecular complexity index is 837. The lowest BCUT2D eigenvalue weighted by Gasteiger charge is -2.58. The van der Waals surface area contributed by atoms with E-state index in [-0.39, 0.29) is 6.03 Å². The number of fused-ring (bicyclic) bond motifs is 2. The fourth-order valence-electron chi connectivity index (χ4n) is 4.71. The van der Waals surface area contributed by atoms with Gasteiger partial charge in [0, 0.05) is 48.7 Å². The van der Waals surface area contributed by atoms with Crippen LogP contribution in [0.5, 0.6) is 0 Å². The summed E-state index contributed by atoms with van der Waals surface area (Å²) in [5.74, 6) is 0. The number of pyridine rings is 1. The molecule has 2 unspecified atom stereocenters. The van der Waals surface area contributed by atoms with Gasteiger partial charge in [-0.1, -0.05) is 18.6 Å². The van der Waals surface area contributed by atoms with Crippen LogP contribution in [0.25, 0.3) is 11.3 Å². The van der Waals surface area contributed by atoms with E-state index in [4.69, 9.17) is 0 Å². The third-order valence-corrected chi connectivity index (χ3v) is 6.48. The summed E-state index contributed by atoms with van der Waals surface area (Å²) in [4.78, 5) is 22.0. The number of anilines is 1. The standard InChI is InChI=1S/C22H26N4O/c1-15-8-9-16(11-20(15)21-7-2-3-10-23-21)24-22(27)26-18-12-19(26)14-25(13-18)17-5-4-6-17/h2-3,7-11,17-19H,4-6,12-14H2,1H3,(H,24,27). The molecule has 2 bridgehead atoms. The van der Waals surface area contributed by atoms with Gasteiger partial charge in [-0.05, 0) is 56.0 Å². The van der Waals surface area contributed by atoms with Crippen LogP contribution in [0.1, 0.15) is 31.2 Å². The average molecular weight is 362 g/mol. The number of carbonyl (C=O) groups is 1. The number of benzene rings is 1. The molecule has 140 valence electrons. The van der Waals surface area contributed by atoms with E-state index in [0.717, 1.165) is 48.1 Å². The topological polar surface area (TPSA) is 48.5 Å². The molecule has 6 rings (SSSR count). The quantitative estimate of drug-likeness (QED) is 0.901. The molecular formula is C22H26N4O. The van der Waals surface area contributed by atoms with Gasteiger partial charge in [-0.2, -0.15) is 0 Å². The summed E-state index contributed by atoms with van der Waals surface area (Å²) in [7, 11) is 0. The molecule has 2 aromatic rings. The summed E-state index contributed by atoms with van der Waals surface area (Å²) in [5.41, 5.74) is 3.99. The molecular weight excluding hydrogens is 336 g/mol. The molecule has 0 spiro atoms. The van der Waals surface area contributed by atoms with Crippen LogP contribution < -0.4 is 5.32 Å². The minimum absolute atomic E-state index is 0.0420. The molecule has 5 heteroatoms. The number of piperidine rings is 1. The maximum atomic E-state index is 12.9. The average Bonchev–Trinajstić information content (AvgIpc) is 2.62. The normalized spacial score (nSPS) is 24.9. The molecule has 1 aromatic heterocycles. The van der Waals surface area contributed by atoms with Gasteiger partial charge in [-0.3, -0.25) is 9.88 Å². The Hall–Kier alpha value is -2.40. The third-order valence-electron chi connectivity index (χ3n) is 6.48. The number of rotatable bonds is 3. The van der Waals surface area contributed by atoms with Crippen molar-refractivity contribution in [2.45, 2.75) is 50.7 Å². The van der Waals surface area contributed by atoms with Crippen LogP contribution in [0.3, 0.4) is 0 Å². The molecule has 27 heavy (non-hydrogen) atoms. The summed E-state index contributed by atoms with van der Waals surface area (Å²) in [6, 6.07) is 13.6. The lowest BCUT2D eigenvalue weighted by atomic mass is 9.83. The van der Waals surface area contributed by atoms with Crippen molar-refractivity contribution in [2.75, 3.05) is 18.4 Å². The van der Waals surface area contributed by atoms with E-state index in [2.05, 4.69) is 33.1 Å². The second-order valence-electron chi connectivity index (χ2n) is 8.16. The Kier molecular flexibility index (Phi) is 4.12. The zero-order chi connectivity index (χ0) is 18.4. The monoisotopic (exact) mass is 362 g/mol. The number of nitrogens with one attached hydrogen (secondary N) is 1. The zero-order valence-electron chi connectivity index (χ0n) is 15.8. The molecule has 5 nitrogen and oxygen atoms in total. The fourth-order valence-corrected chi connectivity index (χ4v) is 4.71. The number of carbonyl (C=O) groups excluding carboxylic acids is 1. The fraction of sp³-hybridized carbons (Fsp3) is 0.455. The van der Waals surface area contributed by atoms with E-state index in [1.807, 2.05) is 30.3 Å². The Balaban J connectivity index is 1.28. The van der Waals surface area contributed by atoms with Crippen LogP contribution in [0.15, 0.2) is 42.6 Å². The number of amides is 2. The highest BCUT2D eigenvalue weighted by Gasteiger charge is 2.49. The Labute approximate surface area is 160 Å². The van der Waals surface area contributed by atoms with Crippen LogP contribution in [-0.4, -0.2) is 52.0 Å². The number of aryl methyl sites for hydroxylation is 1. The van der Waals surface area contributed by atoms with Crippen molar-refractivity contribution in [3.63, 3.8) is 0 Å². The number of urea groups is 1. The molecule has 3 aliphatic heterocycles. The number of piperazine rings is 1. The van der Waals surface area contributed by atoms with Crippen molar-refractivity contribution >= 4 is 11.7 Å². The smallest absolute Gasteiger partial charge is 0.316 e. The highest BCUT2D eigenvalue weighted by molar-refractivity contribution is 5.91. The van der Waals surface area contributed by atoms with Crippen molar-refractivity contribution in [3.8, 4) is 11.3 Å². The summed E-state index contributed by atoms with van der Waals surface area (Å²) in [6.45, 7) is 4.16. The van der Waals surface area contributed by atoms with E-state index in [0.29, 0.717) is 12.1 Å². The SMILES string of the molecule is Cc1ccc(NC(=O)N2C3CC2CN(C2CCC2)C3)cc1-c1ccccn1. The highest BCUT2D eigenvalue weighted by atomic mass is 16.2. The minimum atomic E-state index is 0.0420. The van der Waals surface area contributed by atoms with E-state index in [1.54, 1.807) is 6.20 Å². The zero-order valence-corrected chi connectivity index (χ0v) is 15.8. The molecule has 4 heterocycles. The second kappa shape index (κ2) is 6.64. The number of aromatic nitrogens is 1. The second-order valence-corrected chi connectivity index (χ2v) is 8.16. The number of hydrogen-bond acceptors (Lipinski definition) is 3. The highest BCUT2D eigenvalue weighted by Crippen LogP contribution is 2.37. The Morgan fingerprint density at radius 1 is 1.11 bits per heavy atom. The van der Waals surface area contributed by atoms with Gasteiger partial charge in [0.2, 0.25) is 0 Å². The van der Waals surface area contributed by atoms with Gasteiger partial charge < -0.3 is 10.2 Å². The molecule has 2 atom stereocenters. The van der Waals surface area contributed by atoms with Crippen molar-refractivity contribution in [3.05, 3.63) is 48.2 Å². The van der Waals surface area contributed by atoms with Gasteiger partial charge in [0.05, 0.1) is 5.69 Å². The van der Waals surface area contributed by atoms with E-state index >= 15 is 0 Å². The molecule has 1 aliphatic carbocycles. The van der Waals surface area contributed by atoms with Gasteiger partial charge in [0.1, 0.15) is 0 Å². The summed E-state index contributed by atoms with van der Waals surface area (Å²) < 4.78 is 0. The van der Waals surface area contributed by atoms with E-state index in [1.165, 1.54) is 19.3 Å². The first-order valence-electron chi connectivity index (χ1n) is 10.0. The predicted octanol–water partition coefficient (Wildman–Crippen LogP) is 3.90. The molecule has 3 saturated heterocycles. The molecule has 1 saturated carbocycles. The maximum absolute atomic E-state index is 12.9. The molecule has 2 amide bonds. The van der Waals surface area contributed by atoms with Crippen LogP contribution in [0.4, 0.5) is 10.5 Å². The van der Waals surface area contributed by atoms with Crippen molar-refractivity contribution < 1.29 is 4.79 Å². The summed E-state index contributed by atoms with van der Waals surface area (Å²) in [6.07, 6.45) is 7.00. The van der Waals surface area contributed by atoms with Crippen molar-refractivity contribution in [2.24, 2.45) is 0 Å². The number of hydrogen-bond donors (Lipinski definition) is 1. The van der Waals surface area contributed by atoms with Crippen LogP contribution in [-0.2, 0) is 0 Å². The minimum Gasteiger partial charge on any atom is -0.316 e. The van der Waals surface area contributed by atoms with Gasteiger partial charge in [-0.15, -0.1) is 0 Å². The first-order chi connectivity index (χ1) is 13.2. The maximum Gasteiger partial charge on any atom is 0.322 e. The van der Waals surface area contributed by atoms with Crippen LogP contribution >= 0.6 is 0 Å².